The van der Waals surface area contributed by atoms with Crippen LogP contribution >= 0.6 is 0 Å². The molecule has 0 aliphatic rings. The van der Waals surface area contributed by atoms with Crippen molar-refractivity contribution in [2.45, 2.75) is 40.3 Å². The number of halogens is 1. The third kappa shape index (κ3) is 4.64. The van der Waals surface area contributed by atoms with Gasteiger partial charge in [0.2, 0.25) is 5.95 Å². The quantitative estimate of drug-likeness (QED) is 0.639. The van der Waals surface area contributed by atoms with Crippen LogP contribution in [0.1, 0.15) is 49.7 Å². The molecule has 0 saturated heterocycles. The summed E-state index contributed by atoms with van der Waals surface area (Å²) >= 11 is 0. The molecular formula is C22H25FN4O3. The van der Waals surface area contributed by atoms with Crippen molar-refractivity contribution >= 4 is 23.0 Å². The number of carbonyl (C=O) groups is 1. The predicted octanol–water partition coefficient (Wildman–Crippen LogP) is 3.94. The Labute approximate surface area is 173 Å². The maximum Gasteiger partial charge on any atom is 0.340 e. The van der Waals surface area contributed by atoms with Gasteiger partial charge in [-0.15, -0.1) is 0 Å². The first kappa shape index (κ1) is 21.4. The number of ether oxygens (including phenoxy) is 1. The second kappa shape index (κ2) is 8.22. The number of rotatable bonds is 5. The van der Waals surface area contributed by atoms with E-state index in [0.717, 1.165) is 5.39 Å². The van der Waals surface area contributed by atoms with E-state index in [2.05, 4.69) is 20.0 Å². The van der Waals surface area contributed by atoms with Crippen LogP contribution in [0.25, 0.3) is 11.0 Å². The van der Waals surface area contributed by atoms with E-state index >= 15 is 0 Å². The Bertz CT molecular complexity index is 1150. The number of benzene rings is 1. The first-order valence-electron chi connectivity index (χ1n) is 9.60. The molecule has 3 aromatic rings. The normalized spacial score (nSPS) is 12.6. The van der Waals surface area contributed by atoms with Gasteiger partial charge in [0.05, 0.1) is 18.7 Å². The van der Waals surface area contributed by atoms with E-state index < -0.39 is 11.8 Å². The van der Waals surface area contributed by atoms with Crippen molar-refractivity contribution in [3.63, 3.8) is 0 Å². The molecule has 1 aromatic carbocycles. The van der Waals surface area contributed by atoms with E-state index in [4.69, 9.17) is 0 Å². The number of methoxy groups -OCH3 is 1. The van der Waals surface area contributed by atoms with Gasteiger partial charge in [-0.25, -0.2) is 14.2 Å². The molecule has 0 fully saturated rings. The van der Waals surface area contributed by atoms with Gasteiger partial charge in [-0.2, -0.15) is 4.98 Å². The number of nitrogens with one attached hydrogen (secondary N) is 1. The fraction of sp³-hybridized carbons (Fsp3) is 0.364. The Hall–Kier alpha value is -3.29. The summed E-state index contributed by atoms with van der Waals surface area (Å²) < 4.78 is 20.5. The molecular weight excluding hydrogens is 387 g/mol. The lowest BCUT2D eigenvalue weighted by molar-refractivity contribution is 0.0595. The Balaban J connectivity index is 1.92. The Kier molecular flexibility index (Phi) is 5.87. The molecule has 2 aromatic heterocycles. The van der Waals surface area contributed by atoms with Crippen LogP contribution in [-0.4, -0.2) is 27.6 Å². The second-order valence-electron chi connectivity index (χ2n) is 8.39. The Morgan fingerprint density at radius 3 is 2.63 bits per heavy atom. The lowest BCUT2D eigenvalue weighted by Gasteiger charge is -2.21. The molecule has 30 heavy (non-hydrogen) atoms. The molecule has 0 aliphatic carbocycles. The lowest BCUT2D eigenvalue weighted by Crippen LogP contribution is -2.27. The number of hydrogen-bond donors (Lipinski definition) is 1. The van der Waals surface area contributed by atoms with Gasteiger partial charge in [-0.3, -0.25) is 9.36 Å². The van der Waals surface area contributed by atoms with Gasteiger partial charge in [0.25, 0.3) is 5.56 Å². The minimum atomic E-state index is -0.727. The average Bonchev–Trinajstić information content (AvgIpc) is 2.68. The van der Waals surface area contributed by atoms with Crippen molar-refractivity contribution in [2.24, 2.45) is 5.41 Å². The maximum atomic E-state index is 14.3. The van der Waals surface area contributed by atoms with E-state index in [0.29, 0.717) is 23.7 Å². The monoisotopic (exact) mass is 412 g/mol. The van der Waals surface area contributed by atoms with E-state index in [9.17, 15) is 14.0 Å². The SMILES string of the molecule is COC(=O)c1ccc([C@H](C)Nc2ncc3ccc(=O)n(CC(C)(C)C)c3n2)cc1F. The fourth-order valence-corrected chi connectivity index (χ4v) is 3.12. The first-order valence-corrected chi connectivity index (χ1v) is 9.60. The largest absolute Gasteiger partial charge is 0.465 e. The summed E-state index contributed by atoms with van der Waals surface area (Å²) in [6.07, 6.45) is 1.65. The number of nitrogens with zero attached hydrogens (tertiary/aromatic N) is 3. The van der Waals surface area contributed by atoms with Gasteiger partial charge in [-0.05, 0) is 36.1 Å². The summed E-state index contributed by atoms with van der Waals surface area (Å²) in [5.74, 6) is -1.07. The van der Waals surface area contributed by atoms with Gasteiger partial charge in [0, 0.05) is 24.2 Å². The van der Waals surface area contributed by atoms with E-state index in [1.165, 1.54) is 25.3 Å². The smallest absolute Gasteiger partial charge is 0.340 e. The minimum Gasteiger partial charge on any atom is -0.465 e. The topological polar surface area (TPSA) is 86.1 Å². The number of carbonyl (C=O) groups excluding carboxylic acids is 1. The minimum absolute atomic E-state index is 0.108. The molecule has 0 unspecified atom stereocenters. The summed E-state index contributed by atoms with van der Waals surface area (Å²) in [6.45, 7) is 8.48. The van der Waals surface area contributed by atoms with E-state index in [1.54, 1.807) is 22.9 Å². The molecule has 0 aliphatic heterocycles. The van der Waals surface area contributed by atoms with Gasteiger partial charge >= 0.3 is 5.97 Å². The molecule has 0 radical (unpaired) electrons. The lowest BCUT2D eigenvalue weighted by atomic mass is 9.97. The number of pyridine rings is 1. The van der Waals surface area contributed by atoms with Gasteiger partial charge in [-0.1, -0.05) is 26.8 Å². The third-order valence-corrected chi connectivity index (χ3v) is 4.60. The Morgan fingerprint density at radius 1 is 1.27 bits per heavy atom. The zero-order valence-corrected chi connectivity index (χ0v) is 17.7. The Morgan fingerprint density at radius 2 is 2.00 bits per heavy atom. The molecule has 3 rings (SSSR count). The summed E-state index contributed by atoms with van der Waals surface area (Å²) in [5.41, 5.74) is 0.790. The van der Waals surface area contributed by atoms with Crippen LogP contribution in [0.4, 0.5) is 10.3 Å². The number of esters is 1. The molecule has 1 N–H and O–H groups in total. The highest BCUT2D eigenvalue weighted by atomic mass is 19.1. The summed E-state index contributed by atoms with van der Waals surface area (Å²) in [5, 5.41) is 3.88. The summed E-state index contributed by atoms with van der Waals surface area (Å²) in [6, 6.07) is 7.18. The first-order chi connectivity index (χ1) is 14.1. The molecule has 0 saturated carbocycles. The number of anilines is 1. The van der Waals surface area contributed by atoms with Crippen LogP contribution in [0.15, 0.2) is 41.3 Å². The zero-order valence-electron chi connectivity index (χ0n) is 17.7. The molecule has 2 heterocycles. The van der Waals surface area contributed by atoms with Crippen LogP contribution in [0, 0.1) is 11.2 Å². The van der Waals surface area contributed by atoms with Crippen LogP contribution in [0.5, 0.6) is 0 Å². The van der Waals surface area contributed by atoms with E-state index in [1.807, 2.05) is 27.7 Å². The molecule has 0 bridgehead atoms. The van der Waals surface area contributed by atoms with Gasteiger partial charge < -0.3 is 10.1 Å². The summed E-state index contributed by atoms with van der Waals surface area (Å²) in [4.78, 5) is 32.8. The molecule has 7 nitrogen and oxygen atoms in total. The highest BCUT2D eigenvalue weighted by molar-refractivity contribution is 5.89. The van der Waals surface area contributed by atoms with Crippen molar-refractivity contribution in [1.82, 2.24) is 14.5 Å². The van der Waals surface area contributed by atoms with Crippen LogP contribution in [-0.2, 0) is 11.3 Å². The van der Waals surface area contributed by atoms with Crippen molar-refractivity contribution in [3.8, 4) is 0 Å². The molecule has 8 heteroatoms. The van der Waals surface area contributed by atoms with Crippen LogP contribution in [0.2, 0.25) is 0 Å². The zero-order chi connectivity index (χ0) is 22.1. The predicted molar refractivity (Wildman–Crippen MR) is 113 cm³/mol. The highest BCUT2D eigenvalue weighted by Crippen LogP contribution is 2.22. The fourth-order valence-electron chi connectivity index (χ4n) is 3.12. The number of aromatic nitrogens is 3. The van der Waals surface area contributed by atoms with Crippen LogP contribution in [0.3, 0.4) is 0 Å². The van der Waals surface area contributed by atoms with Gasteiger partial charge in [0.15, 0.2) is 0 Å². The molecule has 1 atom stereocenters. The number of hydrogen-bond acceptors (Lipinski definition) is 6. The van der Waals surface area contributed by atoms with Crippen molar-refractivity contribution < 1.29 is 13.9 Å². The van der Waals surface area contributed by atoms with Gasteiger partial charge in [0.1, 0.15) is 11.5 Å². The van der Waals surface area contributed by atoms with Crippen LogP contribution < -0.4 is 10.9 Å². The average molecular weight is 412 g/mol. The van der Waals surface area contributed by atoms with Crippen molar-refractivity contribution in [2.75, 3.05) is 12.4 Å². The third-order valence-electron chi connectivity index (χ3n) is 4.60. The molecule has 0 amide bonds. The highest BCUT2D eigenvalue weighted by Gasteiger charge is 2.17. The maximum absolute atomic E-state index is 14.3. The second-order valence-corrected chi connectivity index (χ2v) is 8.39. The standard InChI is InChI=1S/C22H25FN4O3/c1-13(14-6-8-16(17(23)10-14)20(29)30-5)25-21-24-11-15-7-9-18(28)27(19(15)26-21)12-22(2,3)4/h6-11,13H,12H2,1-5H3,(H,24,25,26)/t13-/m0/s1. The summed E-state index contributed by atoms with van der Waals surface area (Å²) in [7, 11) is 1.20. The van der Waals surface area contributed by atoms with Crippen molar-refractivity contribution in [3.05, 3.63) is 63.8 Å². The van der Waals surface area contributed by atoms with E-state index in [-0.39, 0.29) is 22.6 Å². The van der Waals surface area contributed by atoms with Crippen molar-refractivity contribution in [1.29, 1.82) is 0 Å². The molecule has 0 spiro atoms. The number of fused-ring (bicyclic) bond motifs is 1. The molecule has 158 valence electrons.